The van der Waals surface area contributed by atoms with Gasteiger partial charge in [-0.2, -0.15) is 0 Å². The van der Waals surface area contributed by atoms with E-state index in [-0.39, 0.29) is 12.1 Å². The van der Waals surface area contributed by atoms with E-state index in [0.29, 0.717) is 5.92 Å². The van der Waals surface area contributed by atoms with Gasteiger partial charge in [0.2, 0.25) is 0 Å². The van der Waals surface area contributed by atoms with Crippen LogP contribution in [0.15, 0.2) is 11.4 Å². The maximum atomic E-state index is 5.62. The molecular formula is C11H20N2OS. The predicted octanol–water partition coefficient (Wildman–Crippen LogP) is 2.23. The molecule has 0 amide bonds. The van der Waals surface area contributed by atoms with Gasteiger partial charge in [0.25, 0.3) is 0 Å². The highest BCUT2D eigenvalue weighted by Gasteiger charge is 2.26. The fourth-order valence-electron chi connectivity index (χ4n) is 1.82. The Morgan fingerprint density at radius 3 is 2.47 bits per heavy atom. The first-order valence-electron chi connectivity index (χ1n) is 5.14. The number of methoxy groups -OCH3 is 1. The largest absolute Gasteiger partial charge is 0.379 e. The first kappa shape index (κ1) is 12.6. The van der Waals surface area contributed by atoms with Crippen LogP contribution in [0.2, 0.25) is 0 Å². The summed E-state index contributed by atoms with van der Waals surface area (Å²) in [6, 6.07) is 2.19. The number of nitrogens with one attached hydrogen (secondary N) is 1. The molecule has 0 saturated carbocycles. The van der Waals surface area contributed by atoms with E-state index < -0.39 is 0 Å². The van der Waals surface area contributed by atoms with Gasteiger partial charge in [0.1, 0.15) is 0 Å². The van der Waals surface area contributed by atoms with Gasteiger partial charge < -0.3 is 4.74 Å². The second kappa shape index (κ2) is 5.61. The van der Waals surface area contributed by atoms with Crippen molar-refractivity contribution in [3.63, 3.8) is 0 Å². The molecule has 1 heterocycles. The van der Waals surface area contributed by atoms with Crippen molar-refractivity contribution >= 4 is 11.3 Å². The Morgan fingerprint density at radius 1 is 1.47 bits per heavy atom. The molecule has 0 radical (unpaired) electrons. The molecule has 2 atom stereocenters. The molecule has 0 saturated heterocycles. The normalized spacial score (nSPS) is 15.6. The van der Waals surface area contributed by atoms with Crippen LogP contribution in [0.5, 0.6) is 0 Å². The van der Waals surface area contributed by atoms with Crippen LogP contribution in [-0.2, 0) is 4.74 Å². The Morgan fingerprint density at radius 2 is 2.13 bits per heavy atom. The van der Waals surface area contributed by atoms with Crippen molar-refractivity contribution in [2.75, 3.05) is 7.11 Å². The number of thiophene rings is 1. The highest BCUT2D eigenvalue weighted by Crippen LogP contribution is 2.29. The van der Waals surface area contributed by atoms with Gasteiger partial charge >= 0.3 is 0 Å². The number of ether oxygens (including phenoxy) is 1. The molecule has 2 unspecified atom stereocenters. The van der Waals surface area contributed by atoms with E-state index in [1.54, 1.807) is 18.4 Å². The average Bonchev–Trinajstić information content (AvgIpc) is 2.60. The minimum Gasteiger partial charge on any atom is -0.379 e. The maximum Gasteiger partial charge on any atom is 0.0819 e. The number of nitrogens with two attached hydrogens (primary N) is 1. The highest BCUT2D eigenvalue weighted by atomic mass is 32.1. The van der Waals surface area contributed by atoms with Crippen LogP contribution in [0.1, 0.15) is 30.3 Å². The van der Waals surface area contributed by atoms with E-state index in [4.69, 9.17) is 10.6 Å². The molecule has 1 rings (SSSR count). The molecule has 0 aliphatic carbocycles. The zero-order chi connectivity index (χ0) is 11.4. The summed E-state index contributed by atoms with van der Waals surface area (Å²) in [6.07, 6.45) is 0.104. The van der Waals surface area contributed by atoms with Crippen molar-refractivity contribution in [1.82, 2.24) is 5.43 Å². The van der Waals surface area contributed by atoms with Crippen LogP contribution in [0, 0.1) is 12.8 Å². The Labute approximate surface area is 95.6 Å². The molecule has 4 heteroatoms. The lowest BCUT2D eigenvalue weighted by molar-refractivity contribution is 0.0334. The Bertz CT molecular complexity index is 299. The second-order valence-electron chi connectivity index (χ2n) is 4.06. The summed E-state index contributed by atoms with van der Waals surface area (Å²) < 4.78 is 5.51. The summed E-state index contributed by atoms with van der Waals surface area (Å²) in [4.78, 5) is 1.26. The van der Waals surface area contributed by atoms with Crippen LogP contribution in [-0.4, -0.2) is 13.2 Å². The fourth-order valence-corrected chi connectivity index (χ4v) is 2.84. The van der Waals surface area contributed by atoms with Crippen molar-refractivity contribution < 1.29 is 4.74 Å². The first-order valence-corrected chi connectivity index (χ1v) is 6.02. The summed E-state index contributed by atoms with van der Waals surface area (Å²) >= 11 is 1.72. The molecule has 1 aromatic rings. The molecule has 0 aromatic carbocycles. The van der Waals surface area contributed by atoms with E-state index in [9.17, 15) is 0 Å². The smallest absolute Gasteiger partial charge is 0.0819 e. The molecule has 0 aliphatic heterocycles. The topological polar surface area (TPSA) is 47.3 Å². The molecule has 3 N–H and O–H groups in total. The van der Waals surface area contributed by atoms with Gasteiger partial charge in [-0.25, -0.2) is 5.43 Å². The second-order valence-corrected chi connectivity index (χ2v) is 5.00. The van der Waals surface area contributed by atoms with Crippen LogP contribution < -0.4 is 11.3 Å². The number of hydrazine groups is 1. The lowest BCUT2D eigenvalue weighted by Gasteiger charge is -2.28. The minimum atomic E-state index is 0.0787. The van der Waals surface area contributed by atoms with E-state index in [0.717, 1.165) is 0 Å². The summed E-state index contributed by atoms with van der Waals surface area (Å²) in [5, 5.41) is 2.09. The number of aryl methyl sites for hydroxylation is 1. The Hall–Kier alpha value is -0.420. The lowest BCUT2D eigenvalue weighted by atomic mass is 9.97. The molecule has 0 aliphatic rings. The van der Waals surface area contributed by atoms with Crippen LogP contribution in [0.25, 0.3) is 0 Å². The molecule has 0 bridgehead atoms. The van der Waals surface area contributed by atoms with E-state index in [1.807, 2.05) is 0 Å². The van der Waals surface area contributed by atoms with Crippen LogP contribution in [0.3, 0.4) is 0 Å². The maximum absolute atomic E-state index is 5.62. The summed E-state index contributed by atoms with van der Waals surface area (Å²) in [5.41, 5.74) is 4.13. The van der Waals surface area contributed by atoms with Gasteiger partial charge in [0.05, 0.1) is 12.1 Å². The van der Waals surface area contributed by atoms with Crippen LogP contribution in [0.4, 0.5) is 0 Å². The van der Waals surface area contributed by atoms with Crippen molar-refractivity contribution in [1.29, 1.82) is 0 Å². The standard InChI is InChI=1S/C11H20N2OS/c1-7(2)10(14-4)9(13-12)11-8(3)5-6-15-11/h5-7,9-10,13H,12H2,1-4H3. The van der Waals surface area contributed by atoms with Crippen molar-refractivity contribution in [3.8, 4) is 0 Å². The van der Waals surface area contributed by atoms with Crippen molar-refractivity contribution in [2.45, 2.75) is 32.9 Å². The van der Waals surface area contributed by atoms with Gasteiger partial charge in [-0.3, -0.25) is 5.84 Å². The Kier molecular flexibility index (Phi) is 4.73. The fraction of sp³-hybridized carbons (Fsp3) is 0.636. The lowest BCUT2D eigenvalue weighted by Crippen LogP contribution is -2.40. The average molecular weight is 228 g/mol. The summed E-state index contributed by atoms with van der Waals surface area (Å²) in [7, 11) is 1.73. The third-order valence-electron chi connectivity index (χ3n) is 2.62. The summed E-state index contributed by atoms with van der Waals surface area (Å²) in [6.45, 7) is 6.38. The van der Waals surface area contributed by atoms with Gasteiger partial charge in [0.15, 0.2) is 0 Å². The SMILES string of the molecule is COC(C(C)C)C(NN)c1sccc1C. The predicted molar refractivity (Wildman–Crippen MR) is 64.8 cm³/mol. The number of hydrogen-bond acceptors (Lipinski definition) is 4. The Balaban J connectivity index is 2.92. The van der Waals surface area contributed by atoms with Crippen molar-refractivity contribution in [3.05, 3.63) is 21.9 Å². The quantitative estimate of drug-likeness (QED) is 0.600. The molecular weight excluding hydrogens is 208 g/mol. The van der Waals surface area contributed by atoms with Crippen LogP contribution >= 0.6 is 11.3 Å². The molecule has 86 valence electrons. The first-order chi connectivity index (χ1) is 7.11. The third kappa shape index (κ3) is 2.78. The van der Waals surface area contributed by atoms with E-state index >= 15 is 0 Å². The monoisotopic (exact) mass is 228 g/mol. The number of hydrogen-bond donors (Lipinski definition) is 2. The van der Waals surface area contributed by atoms with Gasteiger partial charge in [-0.1, -0.05) is 13.8 Å². The number of rotatable bonds is 5. The van der Waals surface area contributed by atoms with E-state index in [2.05, 4.69) is 37.6 Å². The molecule has 3 nitrogen and oxygen atoms in total. The minimum absolute atomic E-state index is 0.0787. The van der Waals surface area contributed by atoms with Gasteiger partial charge in [-0.05, 0) is 29.9 Å². The zero-order valence-electron chi connectivity index (χ0n) is 9.78. The zero-order valence-corrected chi connectivity index (χ0v) is 10.6. The third-order valence-corrected chi connectivity index (χ3v) is 3.72. The van der Waals surface area contributed by atoms with Gasteiger partial charge in [-0.15, -0.1) is 11.3 Å². The van der Waals surface area contributed by atoms with Gasteiger partial charge in [0, 0.05) is 12.0 Å². The van der Waals surface area contributed by atoms with E-state index in [1.165, 1.54) is 10.4 Å². The molecule has 15 heavy (non-hydrogen) atoms. The molecule has 0 fully saturated rings. The molecule has 1 aromatic heterocycles. The summed E-state index contributed by atoms with van der Waals surface area (Å²) in [5.74, 6) is 6.05. The highest BCUT2D eigenvalue weighted by molar-refractivity contribution is 7.10. The van der Waals surface area contributed by atoms with Crippen molar-refractivity contribution in [2.24, 2.45) is 11.8 Å². The molecule has 0 spiro atoms.